The zero-order valence-electron chi connectivity index (χ0n) is 26.4. The predicted molar refractivity (Wildman–Crippen MR) is 182 cm³/mol. The van der Waals surface area contributed by atoms with Gasteiger partial charge in [0.15, 0.2) is 0 Å². The first-order chi connectivity index (χ1) is 22.8. The quantitative estimate of drug-likeness (QED) is 0.161. The van der Waals surface area contributed by atoms with Gasteiger partial charge in [-0.05, 0) is 44.9 Å². The number of hydrogen-bond acceptors (Lipinski definition) is 9. The lowest BCUT2D eigenvalue weighted by Crippen LogP contribution is -2.27. The summed E-state index contributed by atoms with van der Waals surface area (Å²) in [4.78, 5) is 30.3. The van der Waals surface area contributed by atoms with Gasteiger partial charge in [-0.15, -0.1) is 0 Å². The SMILES string of the molecule is COc1nc(-c2cccc(-c3cccc(-c4cnc(CN[C@@H]5CC[C@@H](O)C5)c(OC)n4)c3Cl)c2Cl)cnc1CCC[C@@H]1CCC(=O)N1. The highest BCUT2D eigenvalue weighted by molar-refractivity contribution is 6.39. The molecule has 0 unspecified atom stereocenters. The molecular formula is C35H38Cl2N6O4. The Morgan fingerprint density at radius 2 is 1.47 bits per heavy atom. The number of benzene rings is 2. The van der Waals surface area contributed by atoms with Crippen molar-refractivity contribution in [1.29, 1.82) is 0 Å². The van der Waals surface area contributed by atoms with Crippen LogP contribution in [0.2, 0.25) is 10.0 Å². The molecule has 12 heteroatoms. The third-order valence-corrected chi connectivity index (χ3v) is 9.68. The number of aliphatic hydroxyl groups excluding tert-OH is 1. The number of nitrogens with zero attached hydrogens (tertiary/aromatic N) is 4. The molecule has 2 aliphatic rings. The van der Waals surface area contributed by atoms with Gasteiger partial charge in [0, 0.05) is 47.3 Å². The molecule has 1 saturated heterocycles. The fraction of sp³-hybridized carbons (Fsp3) is 0.400. The van der Waals surface area contributed by atoms with Crippen LogP contribution in [0.15, 0.2) is 48.8 Å². The average molecular weight is 678 g/mol. The maximum Gasteiger partial charge on any atom is 0.237 e. The van der Waals surface area contributed by atoms with Gasteiger partial charge < -0.3 is 25.2 Å². The minimum Gasteiger partial charge on any atom is -0.480 e. The highest BCUT2D eigenvalue weighted by Crippen LogP contribution is 2.42. The normalized spacial score (nSPS) is 19.2. The Hall–Kier alpha value is -3.83. The number of aromatic nitrogens is 4. The van der Waals surface area contributed by atoms with Gasteiger partial charge in [-0.2, -0.15) is 0 Å². The molecule has 1 saturated carbocycles. The van der Waals surface area contributed by atoms with E-state index in [2.05, 4.69) is 20.6 Å². The van der Waals surface area contributed by atoms with Gasteiger partial charge >= 0.3 is 0 Å². The Balaban J connectivity index is 1.22. The molecule has 3 N–H and O–H groups in total. The number of amides is 1. The van der Waals surface area contributed by atoms with E-state index in [0.717, 1.165) is 55.3 Å². The Morgan fingerprint density at radius 3 is 2.02 bits per heavy atom. The molecule has 2 aromatic carbocycles. The molecule has 1 aliphatic heterocycles. The molecule has 0 spiro atoms. The van der Waals surface area contributed by atoms with Gasteiger partial charge in [-0.25, -0.2) is 9.97 Å². The smallest absolute Gasteiger partial charge is 0.237 e. The highest BCUT2D eigenvalue weighted by Gasteiger charge is 2.24. The summed E-state index contributed by atoms with van der Waals surface area (Å²) in [5, 5.41) is 17.3. The van der Waals surface area contributed by atoms with Gasteiger partial charge in [-0.3, -0.25) is 14.8 Å². The number of methoxy groups -OCH3 is 2. The van der Waals surface area contributed by atoms with Crippen LogP contribution in [0.25, 0.3) is 33.6 Å². The molecule has 1 amide bonds. The lowest BCUT2D eigenvalue weighted by Gasteiger charge is -2.16. The number of rotatable bonds is 12. The van der Waals surface area contributed by atoms with E-state index in [4.69, 9.17) is 42.6 Å². The molecule has 2 fully saturated rings. The molecule has 0 bridgehead atoms. The molecular weight excluding hydrogens is 639 g/mol. The average Bonchev–Trinajstić information content (AvgIpc) is 3.71. The molecule has 47 heavy (non-hydrogen) atoms. The van der Waals surface area contributed by atoms with Gasteiger partial charge in [0.1, 0.15) is 11.4 Å². The van der Waals surface area contributed by atoms with E-state index in [1.165, 1.54) is 0 Å². The van der Waals surface area contributed by atoms with E-state index in [0.29, 0.717) is 69.4 Å². The first-order valence-corrected chi connectivity index (χ1v) is 16.7. The first kappa shape index (κ1) is 33.1. The molecule has 3 heterocycles. The Morgan fingerprint density at radius 1 is 0.872 bits per heavy atom. The lowest BCUT2D eigenvalue weighted by atomic mass is 9.98. The molecule has 4 aromatic rings. The molecule has 0 radical (unpaired) electrons. The van der Waals surface area contributed by atoms with Crippen LogP contribution in [0.5, 0.6) is 11.8 Å². The zero-order valence-corrected chi connectivity index (χ0v) is 27.9. The molecule has 2 aromatic heterocycles. The summed E-state index contributed by atoms with van der Waals surface area (Å²) >= 11 is 14.1. The van der Waals surface area contributed by atoms with Crippen molar-refractivity contribution < 1.29 is 19.4 Å². The van der Waals surface area contributed by atoms with Crippen molar-refractivity contribution in [2.45, 2.75) is 76.1 Å². The van der Waals surface area contributed by atoms with Crippen LogP contribution < -0.4 is 20.1 Å². The summed E-state index contributed by atoms with van der Waals surface area (Å²) in [6.45, 7) is 0.485. The van der Waals surface area contributed by atoms with E-state index in [1.807, 2.05) is 36.4 Å². The van der Waals surface area contributed by atoms with E-state index >= 15 is 0 Å². The summed E-state index contributed by atoms with van der Waals surface area (Å²) in [6, 6.07) is 11.9. The minimum absolute atomic E-state index is 0.123. The van der Waals surface area contributed by atoms with Crippen molar-refractivity contribution in [2.24, 2.45) is 0 Å². The largest absolute Gasteiger partial charge is 0.480 e. The van der Waals surface area contributed by atoms with Crippen LogP contribution in [0.1, 0.15) is 56.3 Å². The maximum absolute atomic E-state index is 11.5. The van der Waals surface area contributed by atoms with Crippen molar-refractivity contribution in [3.05, 3.63) is 70.2 Å². The zero-order chi connectivity index (χ0) is 32.9. The van der Waals surface area contributed by atoms with Gasteiger partial charge in [0.25, 0.3) is 0 Å². The third kappa shape index (κ3) is 7.51. The molecule has 3 atom stereocenters. The molecule has 6 rings (SSSR count). The summed E-state index contributed by atoms with van der Waals surface area (Å²) in [6.07, 6.45) is 9.53. The van der Waals surface area contributed by atoms with Crippen molar-refractivity contribution >= 4 is 29.1 Å². The van der Waals surface area contributed by atoms with E-state index in [9.17, 15) is 9.90 Å². The first-order valence-electron chi connectivity index (χ1n) is 15.9. The number of ether oxygens (including phenoxy) is 2. The molecule has 10 nitrogen and oxygen atoms in total. The van der Waals surface area contributed by atoms with Crippen LogP contribution in [0.4, 0.5) is 0 Å². The summed E-state index contributed by atoms with van der Waals surface area (Å²) < 4.78 is 11.2. The number of hydrogen-bond donors (Lipinski definition) is 3. The molecule has 1 aliphatic carbocycles. The number of carbonyl (C=O) groups excluding carboxylic acids is 1. The van der Waals surface area contributed by atoms with Crippen LogP contribution in [-0.4, -0.2) is 63.4 Å². The number of carbonyl (C=O) groups is 1. The van der Waals surface area contributed by atoms with Gasteiger partial charge in [0.05, 0.1) is 54.2 Å². The fourth-order valence-corrected chi connectivity index (χ4v) is 6.99. The van der Waals surface area contributed by atoms with Crippen LogP contribution >= 0.6 is 23.2 Å². The Labute approximate surface area is 284 Å². The Bertz CT molecular complexity index is 1760. The van der Waals surface area contributed by atoms with Crippen molar-refractivity contribution in [3.63, 3.8) is 0 Å². The predicted octanol–water partition coefficient (Wildman–Crippen LogP) is 6.20. The monoisotopic (exact) mass is 676 g/mol. The van der Waals surface area contributed by atoms with Gasteiger partial charge in [-0.1, -0.05) is 59.6 Å². The number of halogens is 2. The van der Waals surface area contributed by atoms with E-state index < -0.39 is 0 Å². The molecule has 246 valence electrons. The second kappa shape index (κ2) is 14.9. The van der Waals surface area contributed by atoms with Crippen LogP contribution in [-0.2, 0) is 17.8 Å². The third-order valence-electron chi connectivity index (χ3n) is 8.86. The number of nitrogens with one attached hydrogen (secondary N) is 2. The van der Waals surface area contributed by atoms with Crippen molar-refractivity contribution in [3.8, 4) is 45.4 Å². The lowest BCUT2D eigenvalue weighted by molar-refractivity contribution is -0.119. The maximum atomic E-state index is 11.5. The second-order valence-electron chi connectivity index (χ2n) is 12.0. The topological polar surface area (TPSA) is 131 Å². The minimum atomic E-state index is -0.253. The van der Waals surface area contributed by atoms with E-state index in [-0.39, 0.29) is 24.1 Å². The van der Waals surface area contributed by atoms with Crippen LogP contribution in [0.3, 0.4) is 0 Å². The standard InChI is InChI=1S/C35H38Cl2N6O4/c1-46-34-27(11-3-6-20-13-15-31(45)41-20)39-17-28(42-34)25-9-4-7-23(32(25)36)24-8-5-10-26(33(24)37)29-18-40-30(35(43-29)47-2)19-38-21-12-14-22(44)16-21/h4-5,7-10,17-18,20-22,38,44H,3,6,11-16,19H2,1-2H3,(H,41,45)/t20-,21-,22-/m1/s1. The summed E-state index contributed by atoms with van der Waals surface area (Å²) in [5.74, 6) is 0.986. The van der Waals surface area contributed by atoms with Gasteiger partial charge in [0.2, 0.25) is 17.7 Å². The fourth-order valence-electron chi connectivity index (χ4n) is 6.34. The van der Waals surface area contributed by atoms with Crippen molar-refractivity contribution in [1.82, 2.24) is 30.6 Å². The highest BCUT2D eigenvalue weighted by atomic mass is 35.5. The number of aryl methyl sites for hydroxylation is 1. The Kier molecular flexibility index (Phi) is 10.5. The van der Waals surface area contributed by atoms with Crippen molar-refractivity contribution in [2.75, 3.05) is 14.2 Å². The number of aliphatic hydroxyl groups is 1. The van der Waals surface area contributed by atoms with Crippen LogP contribution in [0, 0.1) is 0 Å². The summed E-state index contributed by atoms with van der Waals surface area (Å²) in [7, 11) is 3.15. The second-order valence-corrected chi connectivity index (χ2v) is 12.8. The van der Waals surface area contributed by atoms with E-state index in [1.54, 1.807) is 26.6 Å². The summed E-state index contributed by atoms with van der Waals surface area (Å²) in [5.41, 5.74) is 5.46.